The minimum atomic E-state index is -0.312. The van der Waals surface area contributed by atoms with Crippen LogP contribution in [0.15, 0.2) is 77.1 Å². The number of halogens is 2. The van der Waals surface area contributed by atoms with Crippen LogP contribution in [0.25, 0.3) is 21.7 Å². The Morgan fingerprint density at radius 1 is 1.07 bits per heavy atom. The first-order valence-corrected chi connectivity index (χ1v) is 11.0. The molecule has 0 aliphatic carbocycles. The van der Waals surface area contributed by atoms with Gasteiger partial charge in [0.1, 0.15) is 16.9 Å². The minimum absolute atomic E-state index is 0.312. The average Bonchev–Trinajstić information content (AvgIpc) is 3.28. The molecule has 6 heteroatoms. The Morgan fingerprint density at radius 3 is 2.55 bits per heavy atom. The Labute approximate surface area is 181 Å². The number of hydrogen-bond donors (Lipinski definition) is 0. The zero-order chi connectivity index (χ0) is 20.2. The van der Waals surface area contributed by atoms with Crippen LogP contribution < -0.4 is 0 Å². The Hall–Kier alpha value is -2.65. The number of nitrogens with zero attached hydrogens (tertiary/aromatic N) is 2. The monoisotopic (exact) mass is 436 g/mol. The van der Waals surface area contributed by atoms with Crippen LogP contribution in [0.1, 0.15) is 11.1 Å². The first-order valence-electron chi connectivity index (χ1n) is 8.77. The second kappa shape index (κ2) is 8.79. The van der Waals surface area contributed by atoms with Crippen molar-refractivity contribution in [2.45, 2.75) is 10.8 Å². The van der Waals surface area contributed by atoms with E-state index >= 15 is 0 Å². The lowest BCUT2D eigenvalue weighted by Gasteiger charge is -2.12. The third kappa shape index (κ3) is 4.35. The van der Waals surface area contributed by atoms with Gasteiger partial charge in [-0.3, -0.25) is 0 Å². The molecule has 29 heavy (non-hydrogen) atoms. The van der Waals surface area contributed by atoms with E-state index in [0.29, 0.717) is 21.4 Å². The molecule has 0 amide bonds. The standard InChI is InChI=1S/C23H14ClFN2S2/c24-20-5-2-1-4-16(20)14-29-23-19(13-26)18(15-7-9-17(25)10-8-15)12-21(27-23)22-6-3-11-28-22/h1-12H,14H2. The Bertz CT molecular complexity index is 1180. The SMILES string of the molecule is N#Cc1c(-c2ccc(F)cc2)cc(-c2cccs2)nc1SCc1ccccc1Cl. The molecule has 0 N–H and O–H groups in total. The lowest BCUT2D eigenvalue weighted by molar-refractivity contribution is 0.628. The van der Waals surface area contributed by atoms with Gasteiger partial charge in [0.25, 0.3) is 0 Å². The van der Waals surface area contributed by atoms with Gasteiger partial charge in [0.05, 0.1) is 16.1 Å². The van der Waals surface area contributed by atoms with Crippen LogP contribution in [0.4, 0.5) is 4.39 Å². The fourth-order valence-corrected chi connectivity index (χ4v) is 4.88. The first kappa shape index (κ1) is 19.7. The number of nitriles is 1. The number of pyridine rings is 1. The Morgan fingerprint density at radius 2 is 1.86 bits per heavy atom. The van der Waals surface area contributed by atoms with Crippen molar-refractivity contribution < 1.29 is 4.39 Å². The van der Waals surface area contributed by atoms with Crippen molar-refractivity contribution in [3.05, 3.63) is 94.1 Å². The van der Waals surface area contributed by atoms with E-state index in [4.69, 9.17) is 16.6 Å². The van der Waals surface area contributed by atoms with E-state index in [1.807, 2.05) is 47.8 Å². The molecule has 0 saturated carbocycles. The largest absolute Gasteiger partial charge is 0.239 e. The highest BCUT2D eigenvalue weighted by Gasteiger charge is 2.17. The van der Waals surface area contributed by atoms with Crippen LogP contribution in [0.3, 0.4) is 0 Å². The molecule has 2 aromatic heterocycles. The summed E-state index contributed by atoms with van der Waals surface area (Å²) in [6.45, 7) is 0. The molecule has 142 valence electrons. The lowest BCUT2D eigenvalue weighted by Crippen LogP contribution is -1.96. The molecule has 0 radical (unpaired) electrons. The molecule has 0 fully saturated rings. The van der Waals surface area contributed by atoms with Crippen molar-refractivity contribution in [2.75, 3.05) is 0 Å². The van der Waals surface area contributed by atoms with E-state index in [1.165, 1.54) is 23.9 Å². The van der Waals surface area contributed by atoms with Crippen molar-refractivity contribution in [1.82, 2.24) is 4.98 Å². The summed E-state index contributed by atoms with van der Waals surface area (Å²) in [5, 5.41) is 13.2. The maximum absolute atomic E-state index is 13.4. The maximum atomic E-state index is 13.4. The molecule has 0 saturated heterocycles. The molecule has 4 aromatic rings. The van der Waals surface area contributed by atoms with E-state index in [0.717, 1.165) is 27.3 Å². The van der Waals surface area contributed by atoms with Crippen molar-refractivity contribution in [2.24, 2.45) is 0 Å². The maximum Gasteiger partial charge on any atom is 0.123 e. The highest BCUT2D eigenvalue weighted by atomic mass is 35.5. The third-order valence-electron chi connectivity index (χ3n) is 4.35. The van der Waals surface area contributed by atoms with Crippen molar-refractivity contribution in [3.8, 4) is 27.8 Å². The molecule has 2 nitrogen and oxygen atoms in total. The van der Waals surface area contributed by atoms with Gasteiger partial charge >= 0.3 is 0 Å². The number of aromatic nitrogens is 1. The van der Waals surface area contributed by atoms with Gasteiger partial charge in [0, 0.05) is 16.3 Å². The Kier molecular flexibility index (Phi) is 5.96. The number of thioether (sulfide) groups is 1. The van der Waals surface area contributed by atoms with Crippen molar-refractivity contribution in [1.29, 1.82) is 5.26 Å². The number of hydrogen-bond acceptors (Lipinski definition) is 4. The number of rotatable bonds is 5. The predicted octanol–water partition coefficient (Wildman–Crippen LogP) is 7.43. The molecular formula is C23H14ClFN2S2. The molecule has 0 atom stereocenters. The summed E-state index contributed by atoms with van der Waals surface area (Å²) in [5.41, 5.74) is 3.78. The summed E-state index contributed by atoms with van der Waals surface area (Å²) in [5.74, 6) is 0.283. The van der Waals surface area contributed by atoms with Crippen LogP contribution in [-0.4, -0.2) is 4.98 Å². The van der Waals surface area contributed by atoms with Crippen LogP contribution in [0.2, 0.25) is 5.02 Å². The summed E-state index contributed by atoms with van der Waals surface area (Å²) in [6, 6.07) is 22.0. The number of thiophene rings is 1. The molecule has 4 rings (SSSR count). The van der Waals surface area contributed by atoms with Gasteiger partial charge in [-0.1, -0.05) is 48.0 Å². The second-order valence-corrected chi connectivity index (χ2v) is 8.53. The normalized spacial score (nSPS) is 10.7. The van der Waals surface area contributed by atoms with Crippen LogP contribution >= 0.6 is 34.7 Å². The van der Waals surface area contributed by atoms with E-state index in [1.54, 1.807) is 23.5 Å². The minimum Gasteiger partial charge on any atom is -0.239 e. The molecule has 0 aliphatic rings. The van der Waals surface area contributed by atoms with Crippen LogP contribution in [0.5, 0.6) is 0 Å². The van der Waals surface area contributed by atoms with Gasteiger partial charge in [-0.25, -0.2) is 9.37 Å². The second-order valence-electron chi connectivity index (χ2n) is 6.21. The zero-order valence-electron chi connectivity index (χ0n) is 15.1. The Balaban J connectivity index is 1.81. The molecule has 0 spiro atoms. The quantitative estimate of drug-likeness (QED) is 0.305. The molecule has 0 bridgehead atoms. The van der Waals surface area contributed by atoms with E-state index < -0.39 is 0 Å². The van der Waals surface area contributed by atoms with E-state index in [-0.39, 0.29) is 5.82 Å². The van der Waals surface area contributed by atoms with Gasteiger partial charge < -0.3 is 0 Å². The van der Waals surface area contributed by atoms with E-state index in [2.05, 4.69) is 6.07 Å². The van der Waals surface area contributed by atoms with Crippen LogP contribution in [-0.2, 0) is 5.75 Å². The first-order chi connectivity index (χ1) is 14.2. The highest BCUT2D eigenvalue weighted by Crippen LogP contribution is 2.37. The van der Waals surface area contributed by atoms with Gasteiger partial charge in [0.15, 0.2) is 0 Å². The highest BCUT2D eigenvalue weighted by molar-refractivity contribution is 7.98. The zero-order valence-corrected chi connectivity index (χ0v) is 17.5. The summed E-state index contributed by atoms with van der Waals surface area (Å²) < 4.78 is 13.4. The molecule has 2 heterocycles. The van der Waals surface area contributed by atoms with Crippen molar-refractivity contribution in [3.63, 3.8) is 0 Å². The fraction of sp³-hybridized carbons (Fsp3) is 0.0435. The van der Waals surface area contributed by atoms with Gasteiger partial charge in [-0.05, 0) is 46.8 Å². The van der Waals surface area contributed by atoms with Gasteiger partial charge in [-0.2, -0.15) is 5.26 Å². The number of benzene rings is 2. The summed E-state index contributed by atoms with van der Waals surface area (Å²) in [4.78, 5) is 5.78. The van der Waals surface area contributed by atoms with Crippen molar-refractivity contribution >= 4 is 34.7 Å². The van der Waals surface area contributed by atoms with E-state index in [9.17, 15) is 9.65 Å². The topological polar surface area (TPSA) is 36.7 Å². The third-order valence-corrected chi connectivity index (χ3v) is 6.63. The molecule has 0 aliphatic heterocycles. The smallest absolute Gasteiger partial charge is 0.123 e. The fourth-order valence-electron chi connectivity index (χ4n) is 2.90. The molecular weight excluding hydrogens is 423 g/mol. The molecule has 2 aromatic carbocycles. The van der Waals surface area contributed by atoms with Crippen LogP contribution in [0, 0.1) is 17.1 Å². The summed E-state index contributed by atoms with van der Waals surface area (Å²) in [6.07, 6.45) is 0. The average molecular weight is 437 g/mol. The summed E-state index contributed by atoms with van der Waals surface area (Å²) in [7, 11) is 0. The predicted molar refractivity (Wildman–Crippen MR) is 119 cm³/mol. The molecule has 0 unspecified atom stereocenters. The van der Waals surface area contributed by atoms with Gasteiger partial charge in [-0.15, -0.1) is 23.1 Å². The van der Waals surface area contributed by atoms with Gasteiger partial charge in [0.2, 0.25) is 0 Å². The summed E-state index contributed by atoms with van der Waals surface area (Å²) >= 11 is 9.35. The lowest BCUT2D eigenvalue weighted by atomic mass is 10.0.